The fraction of sp³-hybridized carbons (Fsp3) is 1.00. The molecule has 0 spiro atoms. The third kappa shape index (κ3) is 8.19. The van der Waals surface area contributed by atoms with Crippen LogP contribution in [0.25, 0.3) is 0 Å². The first-order valence-electron chi connectivity index (χ1n) is 2.77. The Labute approximate surface area is 94.0 Å². The summed E-state index contributed by atoms with van der Waals surface area (Å²) in [7, 11) is 4.31. The average Bonchev–Trinajstić information content (AvgIpc) is 1.82. The maximum Gasteiger partial charge on any atom is 0.245 e. The van der Waals surface area contributed by atoms with E-state index in [9.17, 15) is 16.8 Å². The van der Waals surface area contributed by atoms with Crippen LogP contribution in [0.1, 0.15) is 6.92 Å². The zero-order chi connectivity index (χ0) is 10.7. The average molecular weight is 305 g/mol. The largest absolute Gasteiger partial charge is 0.245 e. The lowest BCUT2D eigenvalue weighted by Crippen LogP contribution is -2.05. The Morgan fingerprint density at radius 2 is 1.69 bits per heavy atom. The molecule has 1 atom stereocenters. The highest BCUT2D eigenvalue weighted by atomic mass is 35.7. The van der Waals surface area contributed by atoms with Crippen LogP contribution in [0.15, 0.2) is 0 Å². The first-order valence-corrected chi connectivity index (χ1v) is 10.0. The molecule has 0 aliphatic carbocycles. The molecule has 0 rings (SSSR count). The summed E-state index contributed by atoms with van der Waals surface area (Å²) in [6.45, 7) is 1.36. The van der Waals surface area contributed by atoms with E-state index >= 15 is 0 Å². The summed E-state index contributed by atoms with van der Waals surface area (Å²) < 4.78 is 41.2. The van der Waals surface area contributed by atoms with Crippen molar-refractivity contribution in [3.8, 4) is 0 Å². The Hall–Kier alpha value is 1.18. The molecule has 0 aromatic heterocycles. The monoisotopic (exact) mass is 304 g/mol. The van der Waals surface area contributed by atoms with Crippen LogP contribution in [-0.2, 0) is 18.1 Å². The summed E-state index contributed by atoms with van der Waals surface area (Å²) in [6.07, 6.45) is 0. The Morgan fingerprint density at radius 3 is 2.00 bits per heavy atom. The van der Waals surface area contributed by atoms with Crippen molar-refractivity contribution in [2.75, 3.05) is 5.08 Å². The first kappa shape index (κ1) is 14.2. The number of hydrogen-bond donors (Lipinski definition) is 0. The van der Waals surface area contributed by atoms with Gasteiger partial charge in [0.25, 0.3) is 0 Å². The normalized spacial score (nSPS) is 15.6. The lowest BCUT2D eigenvalue weighted by atomic mass is 11.0. The van der Waals surface area contributed by atoms with Gasteiger partial charge >= 0.3 is 0 Å². The number of rotatable bonds is 5. The Morgan fingerprint density at radius 1 is 1.23 bits per heavy atom. The van der Waals surface area contributed by atoms with Gasteiger partial charge in [0.2, 0.25) is 18.1 Å². The van der Waals surface area contributed by atoms with E-state index < -0.39 is 22.7 Å². The molecular weight excluding hydrogens is 299 g/mol. The van der Waals surface area contributed by atoms with Crippen molar-refractivity contribution in [3.05, 3.63) is 0 Å². The van der Waals surface area contributed by atoms with E-state index in [0.717, 1.165) is 21.6 Å². The van der Waals surface area contributed by atoms with Crippen LogP contribution < -0.4 is 0 Å². The van der Waals surface area contributed by atoms with Crippen molar-refractivity contribution in [1.82, 2.24) is 0 Å². The Bertz CT molecular complexity index is 346. The minimum Gasteiger partial charge on any atom is -0.211 e. The maximum atomic E-state index is 10.6. The summed E-state index contributed by atoms with van der Waals surface area (Å²) >= 11 is 0. The quantitative estimate of drug-likeness (QED) is 0.570. The van der Waals surface area contributed by atoms with E-state index in [1.165, 1.54) is 6.92 Å². The van der Waals surface area contributed by atoms with E-state index in [1.54, 1.807) is 0 Å². The second kappa shape index (κ2) is 5.32. The molecule has 4 nitrogen and oxygen atoms in total. The molecule has 13 heavy (non-hydrogen) atoms. The lowest BCUT2D eigenvalue weighted by Gasteiger charge is -2.04. The van der Waals surface area contributed by atoms with Gasteiger partial charge in [-0.25, -0.2) is 16.8 Å². The van der Waals surface area contributed by atoms with Crippen LogP contribution in [0.4, 0.5) is 0 Å². The second-order valence-electron chi connectivity index (χ2n) is 1.91. The topological polar surface area (TPSA) is 68.3 Å². The molecule has 0 amide bonds. The van der Waals surface area contributed by atoms with E-state index in [2.05, 4.69) is 0 Å². The van der Waals surface area contributed by atoms with Gasteiger partial charge in [0.15, 0.2) is 0 Å². The standard InChI is InChI=1S/C3H6Cl2O4S4/c1-3(13(5,8)9)11-10-2-12(4,6)7/h3H,2H2,1H3. The third-order valence-electron chi connectivity index (χ3n) is 0.789. The molecule has 0 aliphatic rings. The molecule has 1 unspecified atom stereocenters. The zero-order valence-corrected chi connectivity index (χ0v) is 11.1. The molecular formula is C3H6Cl2O4S4. The predicted molar refractivity (Wildman–Crippen MR) is 59.1 cm³/mol. The molecule has 0 radical (unpaired) electrons. The van der Waals surface area contributed by atoms with Gasteiger partial charge < -0.3 is 0 Å². The molecule has 0 aromatic carbocycles. The fourth-order valence-corrected chi connectivity index (χ4v) is 6.71. The molecule has 0 heterocycles. The van der Waals surface area contributed by atoms with Gasteiger partial charge in [0, 0.05) is 21.4 Å². The first-order chi connectivity index (χ1) is 5.63. The molecule has 0 aromatic rings. The van der Waals surface area contributed by atoms with E-state index in [4.69, 9.17) is 21.4 Å². The third-order valence-corrected chi connectivity index (χ3v) is 8.98. The highest BCUT2D eigenvalue weighted by molar-refractivity contribution is 8.80. The van der Waals surface area contributed by atoms with E-state index in [0.29, 0.717) is 0 Å². The number of hydrogen-bond acceptors (Lipinski definition) is 6. The highest BCUT2D eigenvalue weighted by Crippen LogP contribution is 2.32. The van der Waals surface area contributed by atoms with Crippen molar-refractivity contribution < 1.29 is 16.8 Å². The van der Waals surface area contributed by atoms with Crippen molar-refractivity contribution in [3.63, 3.8) is 0 Å². The van der Waals surface area contributed by atoms with Gasteiger partial charge in [0.05, 0.1) is 0 Å². The van der Waals surface area contributed by atoms with Gasteiger partial charge in [0.1, 0.15) is 9.67 Å². The molecule has 0 aliphatic heterocycles. The Kier molecular flexibility index (Phi) is 5.80. The lowest BCUT2D eigenvalue weighted by molar-refractivity contribution is 0.608. The minimum absolute atomic E-state index is 0.351. The second-order valence-corrected chi connectivity index (χ2v) is 11.0. The van der Waals surface area contributed by atoms with E-state index in [1.807, 2.05) is 0 Å². The van der Waals surface area contributed by atoms with Gasteiger partial charge in [-0.1, -0.05) is 21.6 Å². The van der Waals surface area contributed by atoms with Crippen LogP contribution in [0.2, 0.25) is 0 Å². The molecule has 10 heteroatoms. The van der Waals surface area contributed by atoms with Gasteiger partial charge in [-0.05, 0) is 6.92 Å². The summed E-state index contributed by atoms with van der Waals surface area (Å²) in [5, 5.41) is -0.351. The van der Waals surface area contributed by atoms with Crippen molar-refractivity contribution in [1.29, 1.82) is 0 Å². The van der Waals surface area contributed by atoms with Gasteiger partial charge in [-0.15, -0.1) is 0 Å². The van der Waals surface area contributed by atoms with Crippen LogP contribution >= 0.6 is 43.0 Å². The van der Waals surface area contributed by atoms with Crippen LogP contribution in [0.3, 0.4) is 0 Å². The van der Waals surface area contributed by atoms with Crippen LogP contribution in [-0.4, -0.2) is 26.5 Å². The molecule has 0 saturated heterocycles. The highest BCUT2D eigenvalue weighted by Gasteiger charge is 2.19. The van der Waals surface area contributed by atoms with Crippen LogP contribution in [0.5, 0.6) is 0 Å². The van der Waals surface area contributed by atoms with E-state index in [-0.39, 0.29) is 5.08 Å². The van der Waals surface area contributed by atoms with Crippen molar-refractivity contribution in [2.24, 2.45) is 0 Å². The zero-order valence-electron chi connectivity index (χ0n) is 6.31. The fourth-order valence-electron chi connectivity index (χ4n) is 0.228. The predicted octanol–water partition coefficient (Wildman–Crippen LogP) is 1.81. The van der Waals surface area contributed by atoms with Crippen molar-refractivity contribution in [2.45, 2.75) is 11.5 Å². The molecule has 0 N–H and O–H groups in total. The summed E-state index contributed by atoms with van der Waals surface area (Å²) in [4.78, 5) is 0. The maximum absolute atomic E-state index is 10.6. The molecule has 80 valence electrons. The van der Waals surface area contributed by atoms with Crippen LogP contribution in [0, 0.1) is 0 Å². The van der Waals surface area contributed by atoms with Gasteiger partial charge in [-0.3, -0.25) is 0 Å². The van der Waals surface area contributed by atoms with Crippen molar-refractivity contribution >= 4 is 61.1 Å². The summed E-state index contributed by atoms with van der Waals surface area (Å²) in [5.74, 6) is 0. The molecule has 0 fully saturated rings. The molecule has 0 saturated carbocycles. The smallest absolute Gasteiger partial charge is 0.211 e. The minimum atomic E-state index is -3.64. The van der Waals surface area contributed by atoms with Gasteiger partial charge in [-0.2, -0.15) is 0 Å². The summed E-state index contributed by atoms with van der Waals surface area (Å²) in [6, 6.07) is 0. The SMILES string of the molecule is CC(SSCS(=O)(=O)Cl)S(=O)(=O)Cl. The Balaban J connectivity index is 3.94. The number of halogens is 2. The summed E-state index contributed by atoms with van der Waals surface area (Å²) in [5.41, 5.74) is 0. The molecule has 0 bridgehead atoms.